The van der Waals surface area contributed by atoms with Crippen molar-refractivity contribution in [1.29, 1.82) is 0 Å². The molecule has 3 aromatic rings. The number of hydrogen-bond donors (Lipinski definition) is 1. The van der Waals surface area contributed by atoms with Gasteiger partial charge < -0.3 is 14.4 Å². The second-order valence-electron chi connectivity index (χ2n) is 7.84. The number of carbonyl (C=O) groups excluding carboxylic acids is 2. The van der Waals surface area contributed by atoms with Gasteiger partial charge in [-0.3, -0.25) is 10.1 Å². The van der Waals surface area contributed by atoms with Gasteiger partial charge in [-0.25, -0.2) is 4.79 Å². The number of nitrogens with zero attached hydrogens (tertiary/aromatic N) is 1. The highest BCUT2D eigenvalue weighted by Gasteiger charge is 2.30. The van der Waals surface area contributed by atoms with Gasteiger partial charge in [0.25, 0.3) is 5.91 Å². The largest absolute Gasteiger partial charge is 0.480 e. The highest BCUT2D eigenvalue weighted by Crippen LogP contribution is 2.30. The van der Waals surface area contributed by atoms with Crippen molar-refractivity contribution >= 4 is 29.3 Å². The van der Waals surface area contributed by atoms with Gasteiger partial charge in [0.1, 0.15) is 12.4 Å². The first-order valence-corrected chi connectivity index (χ1v) is 11.2. The fraction of sp³-hybridized carbons (Fsp3) is 0.231. The van der Waals surface area contributed by atoms with Crippen molar-refractivity contribution in [3.63, 3.8) is 0 Å². The van der Waals surface area contributed by atoms with Crippen LogP contribution in [0.2, 0.25) is 5.02 Å². The molecule has 6 nitrogen and oxygen atoms in total. The fourth-order valence-electron chi connectivity index (χ4n) is 3.67. The van der Waals surface area contributed by atoms with Gasteiger partial charge >= 0.3 is 6.09 Å². The molecule has 0 saturated heterocycles. The number of benzene rings is 3. The molecule has 0 aliphatic carbocycles. The van der Waals surface area contributed by atoms with Crippen LogP contribution in [0.3, 0.4) is 0 Å². The average molecular weight is 465 g/mol. The van der Waals surface area contributed by atoms with Crippen molar-refractivity contribution in [2.75, 3.05) is 5.32 Å². The van der Waals surface area contributed by atoms with E-state index in [2.05, 4.69) is 5.32 Å². The van der Waals surface area contributed by atoms with Gasteiger partial charge in [0.15, 0.2) is 6.10 Å². The summed E-state index contributed by atoms with van der Waals surface area (Å²) in [5.74, 6) is 0.567. The van der Waals surface area contributed by atoms with E-state index in [1.54, 1.807) is 17.0 Å². The standard InChI is InChI=1S/C26H25ClN2O4/c1-2-23-25(30)29(15-18-8-10-21(27)11-9-18)16-20-14-22(12-13-24(20)33-23)28-26(31)32-17-19-6-4-3-5-7-19/h3-14,23H,2,15-17H2,1H3,(H,28,31)/t23-/m0/s1. The first-order valence-electron chi connectivity index (χ1n) is 10.8. The van der Waals surface area contributed by atoms with Gasteiger partial charge in [-0.2, -0.15) is 0 Å². The molecule has 7 heteroatoms. The Bertz CT molecular complexity index is 1120. The van der Waals surface area contributed by atoms with Gasteiger partial charge in [0.2, 0.25) is 0 Å². The Morgan fingerprint density at radius 3 is 2.58 bits per heavy atom. The van der Waals surface area contributed by atoms with Crippen molar-refractivity contribution in [3.8, 4) is 5.75 Å². The molecule has 1 heterocycles. The van der Waals surface area contributed by atoms with E-state index in [9.17, 15) is 9.59 Å². The average Bonchev–Trinajstić information content (AvgIpc) is 2.96. The lowest BCUT2D eigenvalue weighted by molar-refractivity contribution is -0.139. The van der Waals surface area contributed by atoms with E-state index < -0.39 is 12.2 Å². The number of hydrogen-bond acceptors (Lipinski definition) is 4. The Morgan fingerprint density at radius 2 is 1.85 bits per heavy atom. The van der Waals surface area contributed by atoms with E-state index in [0.717, 1.165) is 16.7 Å². The summed E-state index contributed by atoms with van der Waals surface area (Å²) >= 11 is 5.99. The zero-order valence-electron chi connectivity index (χ0n) is 18.3. The van der Waals surface area contributed by atoms with Crippen LogP contribution in [0.1, 0.15) is 30.0 Å². The summed E-state index contributed by atoms with van der Waals surface area (Å²) in [7, 11) is 0. The van der Waals surface area contributed by atoms with Crippen molar-refractivity contribution in [2.24, 2.45) is 0 Å². The van der Waals surface area contributed by atoms with Crippen LogP contribution in [-0.4, -0.2) is 23.0 Å². The fourth-order valence-corrected chi connectivity index (χ4v) is 3.79. The number of carbonyl (C=O) groups is 2. The lowest BCUT2D eigenvalue weighted by atomic mass is 10.1. The van der Waals surface area contributed by atoms with Crippen LogP contribution < -0.4 is 10.1 Å². The molecule has 0 unspecified atom stereocenters. The Morgan fingerprint density at radius 1 is 1.09 bits per heavy atom. The van der Waals surface area contributed by atoms with Crippen molar-refractivity contribution < 1.29 is 19.1 Å². The zero-order chi connectivity index (χ0) is 23.2. The number of rotatable bonds is 6. The molecule has 0 fully saturated rings. The van der Waals surface area contributed by atoms with Crippen LogP contribution in [-0.2, 0) is 29.2 Å². The highest BCUT2D eigenvalue weighted by molar-refractivity contribution is 6.30. The third kappa shape index (κ3) is 5.84. The summed E-state index contributed by atoms with van der Waals surface area (Å²) in [6.07, 6.45) is -0.552. The topological polar surface area (TPSA) is 67.9 Å². The predicted octanol–water partition coefficient (Wildman–Crippen LogP) is 5.79. The third-order valence-electron chi connectivity index (χ3n) is 5.39. The monoisotopic (exact) mass is 464 g/mol. The molecule has 1 aliphatic rings. The smallest absolute Gasteiger partial charge is 0.411 e. The van der Waals surface area contributed by atoms with Gasteiger partial charge in [-0.1, -0.05) is 61.0 Å². The molecular weight excluding hydrogens is 440 g/mol. The second-order valence-corrected chi connectivity index (χ2v) is 8.28. The second kappa shape index (κ2) is 10.4. The molecule has 0 spiro atoms. The Kier molecular flexibility index (Phi) is 7.15. The van der Waals surface area contributed by atoms with Crippen LogP contribution in [0, 0.1) is 0 Å². The van der Waals surface area contributed by atoms with Crippen LogP contribution in [0.4, 0.5) is 10.5 Å². The molecular formula is C26H25ClN2O4. The minimum Gasteiger partial charge on any atom is -0.480 e. The highest BCUT2D eigenvalue weighted by atomic mass is 35.5. The van der Waals surface area contributed by atoms with E-state index in [4.69, 9.17) is 21.1 Å². The van der Waals surface area contributed by atoms with E-state index in [1.807, 2.05) is 67.6 Å². The van der Waals surface area contributed by atoms with Crippen molar-refractivity contribution in [3.05, 3.63) is 94.5 Å². The molecule has 1 N–H and O–H groups in total. The van der Waals surface area contributed by atoms with E-state index in [1.165, 1.54) is 0 Å². The third-order valence-corrected chi connectivity index (χ3v) is 5.65. The number of nitrogens with one attached hydrogen (secondary N) is 1. The first-order chi connectivity index (χ1) is 16.0. The number of halogens is 1. The summed E-state index contributed by atoms with van der Waals surface area (Å²) in [5.41, 5.74) is 3.27. The summed E-state index contributed by atoms with van der Waals surface area (Å²) in [5, 5.41) is 3.40. The molecule has 2 amide bonds. The maximum absolute atomic E-state index is 13.1. The molecule has 4 rings (SSSR count). The van der Waals surface area contributed by atoms with Crippen LogP contribution >= 0.6 is 11.6 Å². The zero-order valence-corrected chi connectivity index (χ0v) is 19.0. The molecule has 0 saturated carbocycles. The van der Waals surface area contributed by atoms with Crippen LogP contribution in [0.25, 0.3) is 0 Å². The maximum Gasteiger partial charge on any atom is 0.411 e. The van der Waals surface area contributed by atoms with Crippen molar-refractivity contribution in [1.82, 2.24) is 4.90 Å². The normalized spacial score (nSPS) is 15.3. The summed E-state index contributed by atoms with van der Waals surface area (Å²) in [6, 6.07) is 22.3. The van der Waals surface area contributed by atoms with E-state index >= 15 is 0 Å². The molecule has 33 heavy (non-hydrogen) atoms. The van der Waals surface area contributed by atoms with Gasteiger partial charge in [0.05, 0.1) is 0 Å². The molecule has 1 aliphatic heterocycles. The lowest BCUT2D eigenvalue weighted by Crippen LogP contribution is -2.38. The Labute approximate surface area is 198 Å². The SMILES string of the molecule is CC[C@@H]1Oc2ccc(NC(=O)OCc3ccccc3)cc2CN(Cc2ccc(Cl)cc2)C1=O. The number of ether oxygens (including phenoxy) is 2. The number of anilines is 1. The predicted molar refractivity (Wildman–Crippen MR) is 127 cm³/mol. The minimum atomic E-state index is -0.562. The van der Waals surface area contributed by atoms with Gasteiger partial charge in [-0.15, -0.1) is 0 Å². The quantitative estimate of drug-likeness (QED) is 0.501. The number of fused-ring (bicyclic) bond motifs is 1. The van der Waals surface area contributed by atoms with Gasteiger partial charge in [-0.05, 0) is 47.9 Å². The molecule has 170 valence electrons. The summed E-state index contributed by atoms with van der Waals surface area (Å²) in [6.45, 7) is 2.91. The Balaban J connectivity index is 1.48. The molecule has 1 atom stereocenters. The minimum absolute atomic E-state index is 0.0690. The molecule has 3 aromatic carbocycles. The van der Waals surface area contributed by atoms with Gasteiger partial charge in [0, 0.05) is 29.4 Å². The summed E-state index contributed by atoms with van der Waals surface area (Å²) < 4.78 is 11.3. The molecule has 0 bridgehead atoms. The van der Waals surface area contributed by atoms with Crippen molar-refractivity contribution in [2.45, 2.75) is 39.1 Å². The van der Waals surface area contributed by atoms with E-state index in [-0.39, 0.29) is 12.5 Å². The Hall–Kier alpha value is -3.51. The van der Waals surface area contributed by atoms with Crippen LogP contribution in [0.15, 0.2) is 72.8 Å². The summed E-state index contributed by atoms with van der Waals surface area (Å²) in [4.78, 5) is 27.1. The first kappa shape index (κ1) is 22.7. The molecule has 0 radical (unpaired) electrons. The maximum atomic E-state index is 13.1. The number of amides is 2. The van der Waals surface area contributed by atoms with E-state index in [0.29, 0.717) is 36.0 Å². The lowest BCUT2D eigenvalue weighted by Gasteiger charge is -2.23. The van der Waals surface area contributed by atoms with Crippen LogP contribution in [0.5, 0.6) is 5.75 Å². The molecule has 0 aromatic heterocycles.